The summed E-state index contributed by atoms with van der Waals surface area (Å²) in [5.41, 5.74) is 3.56. The Kier molecular flexibility index (Phi) is 9.07. The van der Waals surface area contributed by atoms with Gasteiger partial charge in [-0.2, -0.15) is 0 Å². The Labute approximate surface area is 221 Å². The van der Waals surface area contributed by atoms with Gasteiger partial charge >= 0.3 is 5.97 Å². The van der Waals surface area contributed by atoms with E-state index in [4.69, 9.17) is 14.2 Å². The maximum absolute atomic E-state index is 13.1. The van der Waals surface area contributed by atoms with Crippen molar-refractivity contribution in [1.29, 1.82) is 0 Å². The van der Waals surface area contributed by atoms with Gasteiger partial charge in [-0.1, -0.05) is 54.6 Å². The number of hydrogen-bond donors (Lipinski definition) is 1. The molecule has 1 atom stereocenters. The molecule has 1 amide bonds. The molecule has 0 aliphatic carbocycles. The van der Waals surface area contributed by atoms with E-state index in [-0.39, 0.29) is 18.1 Å². The average molecular weight is 514 g/mol. The molecule has 0 saturated carbocycles. The minimum absolute atomic E-state index is 0.168. The molecular formula is C31H28FNO5. The monoisotopic (exact) mass is 513 g/mol. The van der Waals surface area contributed by atoms with Gasteiger partial charge in [-0.05, 0) is 65.2 Å². The zero-order chi connectivity index (χ0) is 26.7. The number of benzene rings is 4. The number of methoxy groups -OCH3 is 1. The quantitative estimate of drug-likeness (QED) is 0.213. The fourth-order valence-electron chi connectivity index (χ4n) is 3.80. The lowest BCUT2D eigenvalue weighted by Crippen LogP contribution is -2.30. The number of esters is 1. The first-order valence-corrected chi connectivity index (χ1v) is 12.2. The fourth-order valence-corrected chi connectivity index (χ4v) is 3.80. The van der Waals surface area contributed by atoms with E-state index in [0.29, 0.717) is 30.2 Å². The number of halogens is 1. The van der Waals surface area contributed by atoms with Crippen LogP contribution in [0, 0.1) is 5.82 Å². The summed E-state index contributed by atoms with van der Waals surface area (Å²) < 4.78 is 29.4. The van der Waals surface area contributed by atoms with E-state index in [1.165, 1.54) is 31.4 Å². The molecule has 0 bridgehead atoms. The molecule has 4 aromatic carbocycles. The van der Waals surface area contributed by atoms with Crippen LogP contribution in [0.5, 0.6) is 11.5 Å². The lowest BCUT2D eigenvalue weighted by molar-refractivity contribution is -0.148. The van der Waals surface area contributed by atoms with Gasteiger partial charge in [0.05, 0.1) is 13.7 Å². The Morgan fingerprint density at radius 3 is 2.08 bits per heavy atom. The predicted molar refractivity (Wildman–Crippen MR) is 143 cm³/mol. The topological polar surface area (TPSA) is 73.9 Å². The molecule has 1 N–H and O–H groups in total. The summed E-state index contributed by atoms with van der Waals surface area (Å²) in [5.74, 6) is -0.0847. The van der Waals surface area contributed by atoms with Gasteiger partial charge in [0.1, 0.15) is 23.9 Å². The fraction of sp³-hybridized carbons (Fsp3) is 0.161. The lowest BCUT2D eigenvalue weighted by atomic mass is 10.0. The van der Waals surface area contributed by atoms with Crippen LogP contribution in [-0.4, -0.2) is 38.2 Å². The Bertz CT molecular complexity index is 1320. The molecule has 194 valence electrons. The Morgan fingerprint density at radius 1 is 0.789 bits per heavy atom. The highest BCUT2D eigenvalue weighted by Crippen LogP contribution is 2.20. The molecular weight excluding hydrogens is 485 g/mol. The number of nitrogens with one attached hydrogen (secondary N) is 1. The third kappa shape index (κ3) is 7.43. The van der Waals surface area contributed by atoms with Gasteiger partial charge in [0.15, 0.2) is 6.10 Å². The van der Waals surface area contributed by atoms with Crippen molar-refractivity contribution < 1.29 is 28.2 Å². The van der Waals surface area contributed by atoms with Crippen LogP contribution in [0.3, 0.4) is 0 Å². The van der Waals surface area contributed by atoms with Crippen molar-refractivity contribution in [2.75, 3.05) is 20.3 Å². The van der Waals surface area contributed by atoms with Crippen LogP contribution in [0.1, 0.15) is 15.9 Å². The average Bonchev–Trinajstić information content (AvgIpc) is 2.97. The molecule has 6 nitrogen and oxygen atoms in total. The minimum atomic E-state index is -0.880. The minimum Gasteiger partial charge on any atom is -0.492 e. The normalized spacial score (nSPS) is 11.3. The van der Waals surface area contributed by atoms with Gasteiger partial charge in [-0.3, -0.25) is 4.79 Å². The first-order chi connectivity index (χ1) is 18.5. The van der Waals surface area contributed by atoms with E-state index in [1.807, 2.05) is 54.6 Å². The van der Waals surface area contributed by atoms with Gasteiger partial charge in [0.2, 0.25) is 0 Å². The second-order valence-corrected chi connectivity index (χ2v) is 8.48. The number of amides is 1. The van der Waals surface area contributed by atoms with Crippen LogP contribution < -0.4 is 14.8 Å². The van der Waals surface area contributed by atoms with Crippen molar-refractivity contribution in [3.8, 4) is 22.6 Å². The lowest BCUT2D eigenvalue weighted by Gasteiger charge is -2.17. The second kappa shape index (κ2) is 13.1. The Hall–Kier alpha value is -4.65. The summed E-state index contributed by atoms with van der Waals surface area (Å²) >= 11 is 0. The zero-order valence-corrected chi connectivity index (χ0v) is 20.9. The highest BCUT2D eigenvalue weighted by molar-refractivity contribution is 5.94. The SMILES string of the molecule is COC(=O)C(Cc1ccc(OCCNC(=O)c2ccc(-c3ccccc3)cc2)cc1)Oc1ccc(F)cc1. The molecule has 0 radical (unpaired) electrons. The summed E-state index contributed by atoms with van der Waals surface area (Å²) in [6.45, 7) is 0.641. The largest absolute Gasteiger partial charge is 0.492 e. The van der Waals surface area contributed by atoms with Crippen LogP contribution in [-0.2, 0) is 16.0 Å². The standard InChI is InChI=1S/C31H28FNO5/c1-36-31(35)29(38-28-17-13-26(32)14-18-28)21-22-7-15-27(16-8-22)37-20-19-33-30(34)25-11-9-24(10-12-25)23-5-3-2-4-6-23/h2-18,29H,19-21H2,1H3,(H,33,34). The van der Waals surface area contributed by atoms with Crippen molar-refractivity contribution in [3.05, 3.63) is 120 Å². The molecule has 0 saturated heterocycles. The van der Waals surface area contributed by atoms with Gasteiger partial charge in [-0.15, -0.1) is 0 Å². The van der Waals surface area contributed by atoms with E-state index >= 15 is 0 Å². The second-order valence-electron chi connectivity index (χ2n) is 8.48. The highest BCUT2D eigenvalue weighted by Gasteiger charge is 2.22. The van der Waals surface area contributed by atoms with E-state index in [9.17, 15) is 14.0 Å². The molecule has 0 aliphatic heterocycles. The molecule has 38 heavy (non-hydrogen) atoms. The molecule has 1 unspecified atom stereocenters. The maximum atomic E-state index is 13.1. The number of rotatable bonds is 11. The van der Waals surface area contributed by atoms with Crippen molar-refractivity contribution in [2.45, 2.75) is 12.5 Å². The molecule has 7 heteroatoms. The zero-order valence-electron chi connectivity index (χ0n) is 20.9. The van der Waals surface area contributed by atoms with E-state index < -0.39 is 12.1 Å². The van der Waals surface area contributed by atoms with Gasteiger partial charge in [-0.25, -0.2) is 9.18 Å². The van der Waals surface area contributed by atoms with Gasteiger partial charge in [0.25, 0.3) is 5.91 Å². The van der Waals surface area contributed by atoms with E-state index in [0.717, 1.165) is 16.7 Å². The number of carbonyl (C=O) groups excluding carboxylic acids is 2. The number of hydrogen-bond acceptors (Lipinski definition) is 5. The number of ether oxygens (including phenoxy) is 3. The van der Waals surface area contributed by atoms with Crippen molar-refractivity contribution in [2.24, 2.45) is 0 Å². The highest BCUT2D eigenvalue weighted by atomic mass is 19.1. The van der Waals surface area contributed by atoms with Crippen LogP contribution in [0.25, 0.3) is 11.1 Å². The Balaban J connectivity index is 1.23. The summed E-state index contributed by atoms with van der Waals surface area (Å²) in [4.78, 5) is 24.6. The van der Waals surface area contributed by atoms with E-state index in [2.05, 4.69) is 5.32 Å². The third-order valence-corrected chi connectivity index (χ3v) is 5.81. The molecule has 4 aromatic rings. The predicted octanol–water partition coefficient (Wildman–Crippen LogP) is 5.46. The molecule has 0 spiro atoms. The van der Waals surface area contributed by atoms with Crippen LogP contribution >= 0.6 is 0 Å². The van der Waals surface area contributed by atoms with Crippen molar-refractivity contribution >= 4 is 11.9 Å². The Morgan fingerprint density at radius 2 is 1.42 bits per heavy atom. The summed E-state index contributed by atoms with van der Waals surface area (Å²) in [5, 5.41) is 2.86. The van der Waals surface area contributed by atoms with Crippen molar-refractivity contribution in [3.63, 3.8) is 0 Å². The van der Waals surface area contributed by atoms with Crippen LogP contribution in [0.15, 0.2) is 103 Å². The first-order valence-electron chi connectivity index (χ1n) is 12.2. The van der Waals surface area contributed by atoms with Crippen LogP contribution in [0.4, 0.5) is 4.39 Å². The first kappa shape index (κ1) is 26.4. The van der Waals surface area contributed by atoms with E-state index in [1.54, 1.807) is 24.3 Å². The van der Waals surface area contributed by atoms with Gasteiger partial charge in [0, 0.05) is 12.0 Å². The third-order valence-electron chi connectivity index (χ3n) is 5.81. The molecule has 4 rings (SSSR count). The maximum Gasteiger partial charge on any atom is 0.347 e. The van der Waals surface area contributed by atoms with Crippen molar-refractivity contribution in [1.82, 2.24) is 5.32 Å². The molecule has 0 fully saturated rings. The number of carbonyl (C=O) groups is 2. The molecule has 0 aromatic heterocycles. The summed E-state index contributed by atoms with van der Waals surface area (Å²) in [6.07, 6.45) is -0.613. The summed E-state index contributed by atoms with van der Waals surface area (Å²) in [7, 11) is 1.29. The molecule has 0 aliphatic rings. The smallest absolute Gasteiger partial charge is 0.347 e. The van der Waals surface area contributed by atoms with Crippen LogP contribution in [0.2, 0.25) is 0 Å². The summed E-state index contributed by atoms with van der Waals surface area (Å²) in [6, 6.07) is 30.1. The van der Waals surface area contributed by atoms with Gasteiger partial charge < -0.3 is 19.5 Å². The molecule has 0 heterocycles.